The number of hydrogen-bond acceptors (Lipinski definition) is 6. The summed E-state index contributed by atoms with van der Waals surface area (Å²) in [6, 6.07) is 12.6. The molecule has 0 saturated heterocycles. The number of rotatable bonds is 3. The summed E-state index contributed by atoms with van der Waals surface area (Å²) in [6.45, 7) is 4.46. The van der Waals surface area contributed by atoms with Gasteiger partial charge in [-0.1, -0.05) is 25.1 Å². The molecule has 174 valence electrons. The van der Waals surface area contributed by atoms with E-state index >= 15 is 0 Å². The van der Waals surface area contributed by atoms with E-state index in [1.807, 2.05) is 19.1 Å². The van der Waals surface area contributed by atoms with Crippen LogP contribution < -0.4 is 9.47 Å². The Morgan fingerprint density at radius 2 is 1.76 bits per heavy atom. The number of aromatic carboxylic acids is 1. The summed E-state index contributed by atoms with van der Waals surface area (Å²) in [5.41, 5.74) is 5.14. The Bertz CT molecular complexity index is 1360. The fraction of sp³-hybridized carbons (Fsp3) is 0.296. The zero-order valence-electron chi connectivity index (χ0n) is 19.3. The Morgan fingerprint density at radius 1 is 1.00 bits per heavy atom. The van der Waals surface area contributed by atoms with Crippen LogP contribution >= 0.6 is 0 Å². The third kappa shape index (κ3) is 4.21. The lowest BCUT2D eigenvalue weighted by molar-refractivity contribution is 0.0697. The first-order valence-electron chi connectivity index (χ1n) is 11.5. The van der Waals surface area contributed by atoms with Crippen LogP contribution in [0.4, 0.5) is 0 Å². The van der Waals surface area contributed by atoms with Gasteiger partial charge in [0.05, 0.1) is 16.6 Å². The van der Waals surface area contributed by atoms with Gasteiger partial charge in [0.25, 0.3) is 0 Å². The van der Waals surface area contributed by atoms with Crippen molar-refractivity contribution in [2.75, 3.05) is 6.79 Å². The van der Waals surface area contributed by atoms with Gasteiger partial charge in [-0.15, -0.1) is 0 Å². The van der Waals surface area contributed by atoms with Crippen molar-refractivity contribution in [1.29, 1.82) is 0 Å². The lowest BCUT2D eigenvalue weighted by atomic mass is 9.96. The summed E-state index contributed by atoms with van der Waals surface area (Å²) in [6.07, 6.45) is 5.37. The van der Waals surface area contributed by atoms with Gasteiger partial charge in [0.15, 0.2) is 17.3 Å². The molecule has 1 N–H and O–H groups in total. The summed E-state index contributed by atoms with van der Waals surface area (Å²) >= 11 is 0. The van der Waals surface area contributed by atoms with Gasteiger partial charge in [-0.05, 0) is 62.4 Å². The molecule has 7 nitrogen and oxygen atoms in total. The predicted octanol–water partition coefficient (Wildman–Crippen LogP) is 5.75. The number of nitrogens with zero attached hydrogens (tertiary/aromatic N) is 2. The molecule has 1 aliphatic carbocycles. The van der Waals surface area contributed by atoms with Gasteiger partial charge in [0, 0.05) is 17.5 Å². The Labute approximate surface area is 197 Å². The van der Waals surface area contributed by atoms with Crippen LogP contribution in [0, 0.1) is 6.92 Å². The van der Waals surface area contributed by atoms with E-state index in [0.29, 0.717) is 18.3 Å². The second kappa shape index (κ2) is 9.17. The Hall–Kier alpha value is -3.87. The van der Waals surface area contributed by atoms with Crippen LogP contribution in [0.1, 0.15) is 52.7 Å². The number of carboxylic acids is 1. The summed E-state index contributed by atoms with van der Waals surface area (Å²) in [5, 5.41) is 10.0. The molecule has 34 heavy (non-hydrogen) atoms. The van der Waals surface area contributed by atoms with Crippen LogP contribution in [0.3, 0.4) is 0 Å². The van der Waals surface area contributed by atoms with Crippen molar-refractivity contribution >= 4 is 17.1 Å². The molecule has 7 heteroatoms. The first-order chi connectivity index (χ1) is 16.5. The van der Waals surface area contributed by atoms with Gasteiger partial charge in [0.1, 0.15) is 5.76 Å². The number of ether oxygens (including phenoxy) is 2. The third-order valence-electron chi connectivity index (χ3n) is 6.23. The van der Waals surface area contributed by atoms with Gasteiger partial charge in [-0.2, -0.15) is 4.98 Å². The standard InChI is InChI=1S/C18H16N2O3.C9H10O2/c1-10-15-13-4-2-3-5-14(13)23-17(15)20-16(19-10)11-6-8-12(9-7-11)18(21)22;1-2-7-3-4-8-9(5-7)11-6-10-8/h6-9H,2-5H2,1H3,(H,21,22);3-5H,2,6H2,1H3. The average Bonchev–Trinajstić information content (AvgIpc) is 3.48. The molecule has 0 spiro atoms. The fourth-order valence-corrected chi connectivity index (χ4v) is 4.39. The highest BCUT2D eigenvalue weighted by atomic mass is 16.7. The minimum atomic E-state index is -0.942. The molecule has 4 aromatic rings. The second-order valence-corrected chi connectivity index (χ2v) is 8.45. The summed E-state index contributed by atoms with van der Waals surface area (Å²) < 4.78 is 16.3. The van der Waals surface area contributed by atoms with Gasteiger partial charge >= 0.3 is 5.97 Å². The van der Waals surface area contributed by atoms with Gasteiger partial charge in [0.2, 0.25) is 12.5 Å². The molecule has 1 aliphatic heterocycles. The van der Waals surface area contributed by atoms with Crippen LogP contribution in [0.25, 0.3) is 22.5 Å². The molecule has 0 amide bonds. The minimum Gasteiger partial charge on any atom is -0.478 e. The van der Waals surface area contributed by atoms with Gasteiger partial charge in [-0.25, -0.2) is 9.78 Å². The number of carbonyl (C=O) groups is 1. The van der Waals surface area contributed by atoms with Crippen molar-refractivity contribution in [3.05, 3.63) is 70.6 Å². The number of aryl methyl sites for hydroxylation is 4. The van der Waals surface area contributed by atoms with Crippen molar-refractivity contribution in [3.8, 4) is 22.9 Å². The lowest BCUT2D eigenvalue weighted by Gasteiger charge is -2.09. The highest BCUT2D eigenvalue weighted by Gasteiger charge is 2.21. The van der Waals surface area contributed by atoms with Crippen LogP contribution in [0.15, 0.2) is 46.9 Å². The quantitative estimate of drug-likeness (QED) is 0.417. The lowest BCUT2D eigenvalue weighted by Crippen LogP contribution is -2.00. The molecule has 0 bridgehead atoms. The second-order valence-electron chi connectivity index (χ2n) is 8.45. The number of carboxylic acid groups (broad SMARTS) is 1. The number of fused-ring (bicyclic) bond motifs is 4. The van der Waals surface area contributed by atoms with Gasteiger partial charge in [-0.3, -0.25) is 0 Å². The maximum atomic E-state index is 10.9. The fourth-order valence-electron chi connectivity index (χ4n) is 4.39. The zero-order valence-corrected chi connectivity index (χ0v) is 19.3. The minimum absolute atomic E-state index is 0.250. The molecule has 2 aromatic carbocycles. The summed E-state index contributed by atoms with van der Waals surface area (Å²) in [5.74, 6) is 2.41. The maximum absolute atomic E-state index is 10.9. The van der Waals surface area contributed by atoms with Crippen molar-refractivity contribution in [3.63, 3.8) is 0 Å². The van der Waals surface area contributed by atoms with Crippen LogP contribution in [0.2, 0.25) is 0 Å². The number of aromatic nitrogens is 2. The van der Waals surface area contributed by atoms with Crippen molar-refractivity contribution in [2.24, 2.45) is 0 Å². The molecule has 0 fully saturated rings. The number of hydrogen-bond donors (Lipinski definition) is 1. The highest BCUT2D eigenvalue weighted by molar-refractivity contribution is 5.88. The first kappa shape index (κ1) is 21.9. The molecule has 3 heterocycles. The van der Waals surface area contributed by atoms with E-state index in [2.05, 4.69) is 23.0 Å². The number of furan rings is 1. The monoisotopic (exact) mass is 458 g/mol. The van der Waals surface area contributed by atoms with Crippen molar-refractivity contribution < 1.29 is 23.8 Å². The van der Waals surface area contributed by atoms with E-state index in [1.165, 1.54) is 17.5 Å². The molecule has 0 saturated carbocycles. The average molecular weight is 459 g/mol. The SMILES string of the molecule is CCc1ccc2c(c1)OCO2.Cc1nc(-c2ccc(C(=O)O)cc2)nc2oc3c(c12)CCCC3. The van der Waals surface area contributed by atoms with Crippen molar-refractivity contribution in [2.45, 2.75) is 46.0 Å². The Morgan fingerprint density at radius 3 is 2.53 bits per heavy atom. The van der Waals surface area contributed by atoms with E-state index in [1.54, 1.807) is 24.3 Å². The van der Waals surface area contributed by atoms with Gasteiger partial charge < -0.3 is 19.0 Å². The predicted molar refractivity (Wildman–Crippen MR) is 128 cm³/mol. The third-order valence-corrected chi connectivity index (χ3v) is 6.23. The summed E-state index contributed by atoms with van der Waals surface area (Å²) in [4.78, 5) is 20.1. The molecule has 2 aromatic heterocycles. The van der Waals surface area contributed by atoms with E-state index in [0.717, 1.165) is 59.6 Å². The molecule has 2 aliphatic rings. The summed E-state index contributed by atoms with van der Waals surface area (Å²) in [7, 11) is 0. The molecule has 6 rings (SSSR count). The Kier molecular flexibility index (Phi) is 5.92. The molecule has 0 atom stereocenters. The molecular formula is C27H26N2O5. The molecule has 0 radical (unpaired) electrons. The molecular weight excluding hydrogens is 432 g/mol. The van der Waals surface area contributed by atoms with E-state index in [4.69, 9.17) is 19.0 Å². The smallest absolute Gasteiger partial charge is 0.335 e. The first-order valence-corrected chi connectivity index (χ1v) is 11.5. The Balaban J connectivity index is 0.000000183. The topological polar surface area (TPSA) is 94.7 Å². The van der Waals surface area contributed by atoms with E-state index in [9.17, 15) is 4.79 Å². The normalized spacial score (nSPS) is 13.8. The molecule has 0 unspecified atom stereocenters. The largest absolute Gasteiger partial charge is 0.478 e. The maximum Gasteiger partial charge on any atom is 0.335 e. The number of benzene rings is 2. The highest BCUT2D eigenvalue weighted by Crippen LogP contribution is 2.34. The zero-order chi connectivity index (χ0) is 23.7. The van der Waals surface area contributed by atoms with E-state index in [-0.39, 0.29) is 5.56 Å². The van der Waals surface area contributed by atoms with Crippen LogP contribution in [-0.4, -0.2) is 27.8 Å². The van der Waals surface area contributed by atoms with E-state index < -0.39 is 5.97 Å². The van der Waals surface area contributed by atoms with Crippen LogP contribution in [0.5, 0.6) is 11.5 Å². The van der Waals surface area contributed by atoms with Crippen molar-refractivity contribution in [1.82, 2.24) is 9.97 Å². The van der Waals surface area contributed by atoms with Crippen LogP contribution in [-0.2, 0) is 19.3 Å².